The smallest absolute Gasteiger partial charge is 0.260 e. The average molecular weight is 474 g/mol. The first-order valence-electron chi connectivity index (χ1n) is 11.3. The van der Waals surface area contributed by atoms with E-state index in [4.69, 9.17) is 4.98 Å². The molecule has 3 heterocycles. The molecule has 2 N–H and O–H groups in total. The molecule has 7 nitrogen and oxygen atoms in total. The van der Waals surface area contributed by atoms with Crippen LogP contribution in [-0.2, 0) is 29.4 Å². The van der Waals surface area contributed by atoms with Crippen molar-refractivity contribution in [2.45, 2.75) is 51.0 Å². The predicted octanol–water partition coefficient (Wildman–Crippen LogP) is 1.57. The van der Waals surface area contributed by atoms with Gasteiger partial charge in [-0.3, -0.25) is 4.79 Å². The second-order valence-corrected chi connectivity index (χ2v) is 12.0. The lowest BCUT2D eigenvalue weighted by Gasteiger charge is -2.31. The van der Waals surface area contributed by atoms with Gasteiger partial charge in [-0.05, 0) is 62.3 Å². The van der Waals surface area contributed by atoms with E-state index in [-0.39, 0.29) is 5.56 Å². The van der Waals surface area contributed by atoms with Gasteiger partial charge in [0.25, 0.3) is 5.56 Å². The molecule has 1 aromatic carbocycles. The van der Waals surface area contributed by atoms with Gasteiger partial charge in [-0.1, -0.05) is 12.1 Å². The average Bonchev–Trinajstić information content (AvgIpc) is 3.14. The van der Waals surface area contributed by atoms with Crippen molar-refractivity contribution >= 4 is 31.6 Å². The van der Waals surface area contributed by atoms with Crippen molar-refractivity contribution in [2.24, 2.45) is 0 Å². The summed E-state index contributed by atoms with van der Waals surface area (Å²) in [5, 5.41) is 0.785. The zero-order valence-corrected chi connectivity index (χ0v) is 20.2. The fraction of sp³-hybridized carbons (Fsp3) is 0.478. The van der Waals surface area contributed by atoms with Crippen LogP contribution >= 0.6 is 11.3 Å². The highest BCUT2D eigenvalue weighted by atomic mass is 32.2. The Morgan fingerprint density at radius 1 is 1.16 bits per heavy atom. The lowest BCUT2D eigenvalue weighted by atomic mass is 9.97. The fourth-order valence-electron chi connectivity index (χ4n) is 4.87. The number of quaternary nitrogens is 1. The van der Waals surface area contributed by atoms with Crippen molar-refractivity contribution < 1.29 is 13.3 Å². The molecular weight excluding hydrogens is 444 g/mol. The lowest BCUT2D eigenvalue weighted by Crippen LogP contribution is -3.13. The van der Waals surface area contributed by atoms with Crippen molar-refractivity contribution in [3.63, 3.8) is 0 Å². The minimum Gasteiger partial charge on any atom is -0.326 e. The number of benzene rings is 1. The molecule has 3 aromatic rings. The van der Waals surface area contributed by atoms with Gasteiger partial charge in [0.1, 0.15) is 11.4 Å². The van der Waals surface area contributed by atoms with Crippen LogP contribution in [0.3, 0.4) is 0 Å². The van der Waals surface area contributed by atoms with Crippen molar-refractivity contribution in [2.75, 3.05) is 26.2 Å². The third kappa shape index (κ3) is 3.91. The first kappa shape index (κ1) is 21.8. The van der Waals surface area contributed by atoms with Crippen LogP contribution in [0.5, 0.6) is 0 Å². The molecule has 0 radical (unpaired) electrons. The summed E-state index contributed by atoms with van der Waals surface area (Å²) >= 11 is 1.67. The number of sulfonamides is 1. The number of aromatic amines is 1. The van der Waals surface area contributed by atoms with Crippen LogP contribution in [0.2, 0.25) is 0 Å². The molecule has 0 bridgehead atoms. The van der Waals surface area contributed by atoms with Crippen molar-refractivity contribution in [3.8, 4) is 0 Å². The summed E-state index contributed by atoms with van der Waals surface area (Å²) in [6.45, 7) is 6.66. The Hall–Kier alpha value is -2.07. The third-order valence-electron chi connectivity index (χ3n) is 6.68. The first-order valence-corrected chi connectivity index (χ1v) is 13.5. The first-order chi connectivity index (χ1) is 15.3. The molecule has 5 rings (SSSR count). The summed E-state index contributed by atoms with van der Waals surface area (Å²) in [7, 11) is -3.50. The molecule has 2 aromatic heterocycles. The van der Waals surface area contributed by atoms with Gasteiger partial charge in [-0.2, -0.15) is 4.31 Å². The number of piperazine rings is 1. The number of fused-ring (bicyclic) bond motifs is 3. The Morgan fingerprint density at radius 3 is 2.69 bits per heavy atom. The highest BCUT2D eigenvalue weighted by molar-refractivity contribution is 7.89. The van der Waals surface area contributed by atoms with E-state index >= 15 is 0 Å². The lowest BCUT2D eigenvalue weighted by molar-refractivity contribution is -0.917. The van der Waals surface area contributed by atoms with Gasteiger partial charge in [0.15, 0.2) is 5.82 Å². The molecule has 1 saturated heterocycles. The summed E-state index contributed by atoms with van der Waals surface area (Å²) in [5.74, 6) is 0.696. The van der Waals surface area contributed by atoms with Gasteiger partial charge in [0.05, 0.1) is 36.5 Å². The molecular formula is C23H29N4O3S2+. The van der Waals surface area contributed by atoms with Crippen LogP contribution in [0.25, 0.3) is 10.2 Å². The van der Waals surface area contributed by atoms with Gasteiger partial charge in [0, 0.05) is 4.88 Å². The maximum atomic E-state index is 13.2. The number of rotatable bonds is 4. The second-order valence-electron chi connectivity index (χ2n) is 9.00. The van der Waals surface area contributed by atoms with Gasteiger partial charge in [-0.25, -0.2) is 13.4 Å². The number of H-pyrrole nitrogens is 1. The van der Waals surface area contributed by atoms with Gasteiger partial charge < -0.3 is 9.88 Å². The molecule has 2 aliphatic rings. The summed E-state index contributed by atoms with van der Waals surface area (Å²) in [6.07, 6.45) is 4.35. The molecule has 1 aliphatic carbocycles. The van der Waals surface area contributed by atoms with E-state index in [0.717, 1.165) is 40.6 Å². The summed E-state index contributed by atoms with van der Waals surface area (Å²) in [5.41, 5.74) is 2.90. The molecule has 0 atom stereocenters. The van der Waals surface area contributed by atoms with E-state index in [9.17, 15) is 13.2 Å². The minimum atomic E-state index is -3.50. The maximum absolute atomic E-state index is 13.2. The fourth-order valence-corrected chi connectivity index (χ4v) is 7.90. The molecule has 1 aliphatic heterocycles. The SMILES string of the molecule is Cc1ccc(C)c(S(=O)(=O)N2CC[NH+](Cc3nc4sc5c(c4c(=O)[nH]3)CCCC5)CC2)c1. The normalized spacial score (nSPS) is 18.2. The standard InChI is InChI=1S/C23H28N4O3S2/c1-15-7-8-16(2)19(13-15)32(29,30)27-11-9-26(10-12-27)14-20-24-22(28)21-17-5-3-4-6-18(17)31-23(21)25-20/h7-8,13H,3-6,9-12,14H2,1-2H3,(H,24,25,28)/p+1. The van der Waals surface area contributed by atoms with Crippen molar-refractivity contribution in [3.05, 3.63) is 55.9 Å². The monoisotopic (exact) mass is 473 g/mol. The molecule has 9 heteroatoms. The highest BCUT2D eigenvalue weighted by Crippen LogP contribution is 2.33. The van der Waals surface area contributed by atoms with E-state index in [1.165, 1.54) is 21.8 Å². The molecule has 32 heavy (non-hydrogen) atoms. The Kier molecular flexibility index (Phi) is 5.69. The van der Waals surface area contributed by atoms with E-state index in [1.54, 1.807) is 21.7 Å². The van der Waals surface area contributed by atoms with Crippen LogP contribution in [0.1, 0.15) is 40.2 Å². The number of aryl methyl sites for hydroxylation is 4. The van der Waals surface area contributed by atoms with Crippen LogP contribution < -0.4 is 10.5 Å². The maximum Gasteiger partial charge on any atom is 0.260 e. The molecule has 0 spiro atoms. The van der Waals surface area contributed by atoms with Crippen molar-refractivity contribution in [1.29, 1.82) is 0 Å². The van der Waals surface area contributed by atoms with Crippen LogP contribution in [-0.4, -0.2) is 48.9 Å². The number of nitrogens with zero attached hydrogens (tertiary/aromatic N) is 2. The number of hydrogen-bond acceptors (Lipinski definition) is 5. The topological polar surface area (TPSA) is 87.6 Å². The Bertz CT molecular complexity index is 1340. The molecule has 0 amide bonds. The number of thiophene rings is 1. The largest absolute Gasteiger partial charge is 0.326 e. The van der Waals surface area contributed by atoms with E-state index < -0.39 is 10.0 Å². The predicted molar refractivity (Wildman–Crippen MR) is 126 cm³/mol. The van der Waals surface area contributed by atoms with Gasteiger partial charge >= 0.3 is 0 Å². The number of aromatic nitrogens is 2. The Balaban J connectivity index is 1.30. The summed E-state index contributed by atoms with van der Waals surface area (Å²) < 4.78 is 27.9. The summed E-state index contributed by atoms with van der Waals surface area (Å²) in [4.78, 5) is 24.4. The van der Waals surface area contributed by atoms with Crippen LogP contribution in [0, 0.1) is 13.8 Å². The summed E-state index contributed by atoms with van der Waals surface area (Å²) in [6, 6.07) is 5.56. The van der Waals surface area contributed by atoms with E-state index in [1.807, 2.05) is 26.0 Å². The van der Waals surface area contributed by atoms with Gasteiger partial charge in [0.2, 0.25) is 10.0 Å². The van der Waals surface area contributed by atoms with E-state index in [0.29, 0.717) is 43.4 Å². The Morgan fingerprint density at radius 2 is 1.91 bits per heavy atom. The van der Waals surface area contributed by atoms with Crippen LogP contribution in [0.15, 0.2) is 27.9 Å². The van der Waals surface area contributed by atoms with Crippen molar-refractivity contribution in [1.82, 2.24) is 14.3 Å². The quantitative estimate of drug-likeness (QED) is 0.602. The number of hydrogen-bond donors (Lipinski definition) is 2. The molecule has 0 unspecified atom stereocenters. The second kappa shape index (κ2) is 8.37. The number of nitrogens with one attached hydrogen (secondary N) is 2. The van der Waals surface area contributed by atoms with Gasteiger partial charge in [-0.15, -0.1) is 11.3 Å². The molecule has 0 saturated carbocycles. The highest BCUT2D eigenvalue weighted by Gasteiger charge is 2.32. The van der Waals surface area contributed by atoms with E-state index in [2.05, 4.69) is 4.98 Å². The Labute approximate surface area is 192 Å². The third-order valence-corrected chi connectivity index (χ3v) is 9.91. The van der Waals surface area contributed by atoms with Crippen LogP contribution in [0.4, 0.5) is 0 Å². The molecule has 1 fully saturated rings. The molecule has 170 valence electrons. The zero-order valence-electron chi connectivity index (χ0n) is 18.5. The zero-order chi connectivity index (χ0) is 22.5. The minimum absolute atomic E-state index is 0.0278.